The Morgan fingerprint density at radius 2 is 1.67 bits per heavy atom. The van der Waals surface area contributed by atoms with Crippen molar-refractivity contribution in [1.29, 1.82) is 15.8 Å². The van der Waals surface area contributed by atoms with E-state index in [1.165, 1.54) is 0 Å². The maximum atomic E-state index is 9.16. The van der Waals surface area contributed by atoms with Crippen molar-refractivity contribution >= 4 is 11.1 Å². The molecule has 0 aromatic heterocycles. The predicted octanol–water partition coefficient (Wildman–Crippen LogP) is 2.46. The van der Waals surface area contributed by atoms with E-state index >= 15 is 0 Å². The quantitative estimate of drug-likeness (QED) is 0.596. The van der Waals surface area contributed by atoms with Crippen molar-refractivity contribution in [2.24, 2.45) is 0 Å². The highest BCUT2D eigenvalue weighted by atomic mass is 16.5. The largest absolute Gasteiger partial charge is 0.493 e. The minimum Gasteiger partial charge on any atom is -0.493 e. The zero-order valence-corrected chi connectivity index (χ0v) is 14.0. The van der Waals surface area contributed by atoms with E-state index in [-0.39, 0.29) is 11.1 Å². The molecule has 0 amide bonds. The van der Waals surface area contributed by atoms with Crippen LogP contribution in [0.25, 0.3) is 11.1 Å². The molecule has 0 aliphatic heterocycles. The first kappa shape index (κ1) is 18.8. The highest BCUT2D eigenvalue weighted by Crippen LogP contribution is 2.08. The van der Waals surface area contributed by atoms with Gasteiger partial charge in [0.05, 0.1) is 6.61 Å². The van der Waals surface area contributed by atoms with Crippen LogP contribution in [0.15, 0.2) is 12.1 Å². The molecule has 0 atom stereocenters. The van der Waals surface area contributed by atoms with Gasteiger partial charge in [0.1, 0.15) is 35.1 Å². The minimum atomic E-state index is -0.0209. The Balaban J connectivity index is 3.46. The van der Waals surface area contributed by atoms with Gasteiger partial charge >= 0.3 is 0 Å². The minimum absolute atomic E-state index is 0.0209. The molecule has 0 heterocycles. The number of unbranched alkanes of at least 4 members (excludes halogenated alkanes) is 3. The molecular formula is C20H19N3O. The smallest absolute Gasteiger partial charge is 0.140 e. The van der Waals surface area contributed by atoms with E-state index in [0.717, 1.165) is 31.2 Å². The molecule has 4 nitrogen and oxygen atoms in total. The number of hydrogen-bond acceptors (Lipinski definition) is 4. The molecule has 0 saturated carbocycles. The summed E-state index contributed by atoms with van der Waals surface area (Å²) < 4.78 is 5.79. The van der Waals surface area contributed by atoms with Gasteiger partial charge in [0, 0.05) is 10.4 Å². The molecule has 1 aromatic carbocycles. The van der Waals surface area contributed by atoms with Gasteiger partial charge in [-0.25, -0.2) is 0 Å². The van der Waals surface area contributed by atoms with E-state index in [0.29, 0.717) is 22.8 Å². The Morgan fingerprint density at radius 3 is 2.21 bits per heavy atom. The summed E-state index contributed by atoms with van der Waals surface area (Å²) in [5, 5.41) is 28.5. The van der Waals surface area contributed by atoms with Crippen molar-refractivity contribution < 1.29 is 4.74 Å². The lowest BCUT2D eigenvalue weighted by Gasteiger charge is -2.09. The molecule has 1 rings (SSSR count). The van der Waals surface area contributed by atoms with Gasteiger partial charge in [-0.05, 0) is 31.0 Å². The summed E-state index contributed by atoms with van der Waals surface area (Å²) in [5.41, 5.74) is 0.901. The van der Waals surface area contributed by atoms with Crippen LogP contribution in [0.2, 0.25) is 0 Å². The monoisotopic (exact) mass is 317 g/mol. The molecule has 0 aliphatic rings. The third-order valence-corrected chi connectivity index (χ3v) is 3.60. The highest BCUT2D eigenvalue weighted by Gasteiger charge is 2.07. The molecular weight excluding hydrogens is 298 g/mol. The van der Waals surface area contributed by atoms with Crippen LogP contribution in [0.5, 0.6) is 5.75 Å². The molecule has 4 heteroatoms. The zero-order valence-electron chi connectivity index (χ0n) is 14.0. The predicted molar refractivity (Wildman–Crippen MR) is 92.6 cm³/mol. The van der Waals surface area contributed by atoms with Crippen molar-refractivity contribution in [3.8, 4) is 36.3 Å². The van der Waals surface area contributed by atoms with Crippen LogP contribution < -0.4 is 15.2 Å². The number of hydrogen-bond donors (Lipinski definition) is 0. The van der Waals surface area contributed by atoms with Gasteiger partial charge in [0.15, 0.2) is 0 Å². The van der Waals surface area contributed by atoms with Crippen LogP contribution in [0.4, 0.5) is 0 Å². The second-order valence-corrected chi connectivity index (χ2v) is 5.30. The average Bonchev–Trinajstić information content (AvgIpc) is 2.59. The SMILES string of the molecule is C#C/C(C#N)=c1\cc(OCCCCCC)c(=C(C#N)C#N)cc1C. The van der Waals surface area contributed by atoms with E-state index in [1.54, 1.807) is 19.1 Å². The average molecular weight is 317 g/mol. The zero-order chi connectivity index (χ0) is 17.9. The molecule has 0 unspecified atom stereocenters. The van der Waals surface area contributed by atoms with E-state index in [4.69, 9.17) is 26.9 Å². The van der Waals surface area contributed by atoms with Crippen LogP contribution in [0, 0.1) is 53.3 Å². The molecule has 0 fully saturated rings. The van der Waals surface area contributed by atoms with Gasteiger partial charge in [-0.1, -0.05) is 32.1 Å². The molecule has 24 heavy (non-hydrogen) atoms. The lowest BCUT2D eigenvalue weighted by Crippen LogP contribution is -2.20. The fourth-order valence-corrected chi connectivity index (χ4v) is 2.30. The number of nitrogens with zero attached hydrogens (tertiary/aromatic N) is 3. The number of rotatable bonds is 6. The highest BCUT2D eigenvalue weighted by molar-refractivity contribution is 5.77. The maximum absolute atomic E-state index is 9.16. The second-order valence-electron chi connectivity index (χ2n) is 5.30. The fraction of sp³-hybridized carbons (Fsp3) is 0.350. The van der Waals surface area contributed by atoms with Crippen molar-refractivity contribution in [3.63, 3.8) is 0 Å². The molecule has 0 radical (unpaired) electrons. The lowest BCUT2D eigenvalue weighted by atomic mass is 10.0. The van der Waals surface area contributed by atoms with Crippen molar-refractivity contribution in [2.75, 3.05) is 6.61 Å². The van der Waals surface area contributed by atoms with E-state index in [9.17, 15) is 0 Å². The summed E-state index contributed by atoms with van der Waals surface area (Å²) in [6.45, 7) is 4.40. The van der Waals surface area contributed by atoms with Gasteiger partial charge in [0.2, 0.25) is 0 Å². The number of ether oxygens (including phenoxy) is 1. The third kappa shape index (κ3) is 4.64. The van der Waals surface area contributed by atoms with E-state index in [1.807, 2.05) is 18.2 Å². The Morgan fingerprint density at radius 1 is 1.00 bits per heavy atom. The van der Waals surface area contributed by atoms with Crippen LogP contribution in [-0.4, -0.2) is 6.61 Å². The van der Waals surface area contributed by atoms with Crippen molar-refractivity contribution in [3.05, 3.63) is 28.1 Å². The van der Waals surface area contributed by atoms with Crippen molar-refractivity contribution in [1.82, 2.24) is 0 Å². The Labute approximate surface area is 142 Å². The van der Waals surface area contributed by atoms with Crippen LogP contribution in [-0.2, 0) is 0 Å². The number of terminal acetylenes is 1. The van der Waals surface area contributed by atoms with Gasteiger partial charge < -0.3 is 4.74 Å². The summed E-state index contributed by atoms with van der Waals surface area (Å²) in [6, 6.07) is 9.08. The molecule has 0 N–H and O–H groups in total. The van der Waals surface area contributed by atoms with Gasteiger partial charge in [-0.3, -0.25) is 0 Å². The molecule has 0 spiro atoms. The summed E-state index contributed by atoms with van der Waals surface area (Å²) in [5.74, 6) is 2.77. The van der Waals surface area contributed by atoms with Crippen LogP contribution in [0.3, 0.4) is 0 Å². The summed E-state index contributed by atoms with van der Waals surface area (Å²) in [4.78, 5) is 0. The van der Waals surface area contributed by atoms with E-state index < -0.39 is 0 Å². The normalized spacial score (nSPS) is 10.6. The third-order valence-electron chi connectivity index (χ3n) is 3.60. The number of aryl methyl sites for hydroxylation is 1. The first-order valence-corrected chi connectivity index (χ1v) is 7.81. The summed E-state index contributed by atoms with van der Waals surface area (Å²) >= 11 is 0. The van der Waals surface area contributed by atoms with E-state index in [2.05, 4.69) is 12.8 Å². The van der Waals surface area contributed by atoms with Gasteiger partial charge in [-0.15, -0.1) is 6.42 Å². The number of nitriles is 3. The van der Waals surface area contributed by atoms with Crippen LogP contribution in [0.1, 0.15) is 38.2 Å². The fourth-order valence-electron chi connectivity index (χ4n) is 2.30. The van der Waals surface area contributed by atoms with Gasteiger partial charge in [-0.2, -0.15) is 15.8 Å². The number of benzene rings is 1. The standard InChI is InChI=1S/C20H19N3O/c1-4-6-7-8-9-24-20-11-18(16(5-2)12-21)15(3)10-19(20)17(13-22)14-23/h2,10-11H,4,6-9H2,1,3H3/b18-16-. The summed E-state index contributed by atoms with van der Waals surface area (Å²) in [7, 11) is 0. The lowest BCUT2D eigenvalue weighted by molar-refractivity contribution is 0.302. The summed E-state index contributed by atoms with van der Waals surface area (Å²) in [6.07, 6.45) is 9.58. The first-order chi connectivity index (χ1) is 11.6. The molecule has 0 bridgehead atoms. The molecule has 120 valence electrons. The molecule has 1 aromatic rings. The molecule has 0 saturated heterocycles. The topological polar surface area (TPSA) is 80.6 Å². The van der Waals surface area contributed by atoms with Crippen LogP contribution >= 0.6 is 0 Å². The Hall–Kier alpha value is -3.21. The molecule has 0 aliphatic carbocycles. The van der Waals surface area contributed by atoms with Crippen molar-refractivity contribution in [2.45, 2.75) is 39.5 Å². The maximum Gasteiger partial charge on any atom is 0.140 e. The Bertz CT molecular complexity index is 852. The first-order valence-electron chi connectivity index (χ1n) is 7.81. The second kappa shape index (κ2) is 9.74. The van der Waals surface area contributed by atoms with Gasteiger partial charge in [0.25, 0.3) is 0 Å². The Kier molecular flexibility index (Phi) is 7.64.